The highest BCUT2D eigenvalue weighted by atomic mass is 32.2. The molecule has 158 valence electrons. The van der Waals surface area contributed by atoms with Crippen molar-refractivity contribution in [2.75, 3.05) is 16.9 Å². The number of sulfone groups is 1. The first-order chi connectivity index (χ1) is 14.5. The normalized spacial score (nSPS) is 19.7. The molecule has 2 aromatic rings. The summed E-state index contributed by atoms with van der Waals surface area (Å²) in [5, 5.41) is 2.47. The van der Waals surface area contributed by atoms with Gasteiger partial charge in [0.2, 0.25) is 5.91 Å². The topological polar surface area (TPSA) is 83.6 Å². The number of carbonyl (C=O) groups is 2. The van der Waals surface area contributed by atoms with Gasteiger partial charge in [0.05, 0.1) is 16.0 Å². The maximum Gasteiger partial charge on any atom is 0.255 e. The van der Waals surface area contributed by atoms with Gasteiger partial charge in [-0.05, 0) is 43.2 Å². The Morgan fingerprint density at radius 2 is 1.73 bits per heavy atom. The molecule has 1 saturated carbocycles. The summed E-state index contributed by atoms with van der Waals surface area (Å²) in [6.07, 6.45) is 3.25. The van der Waals surface area contributed by atoms with Crippen molar-refractivity contribution in [2.24, 2.45) is 0 Å². The van der Waals surface area contributed by atoms with Gasteiger partial charge in [0, 0.05) is 17.0 Å². The van der Waals surface area contributed by atoms with Gasteiger partial charge in [-0.25, -0.2) is 8.42 Å². The molecule has 1 N–H and O–H groups in total. The molecule has 1 heterocycles. The van der Waals surface area contributed by atoms with Gasteiger partial charge in [0.1, 0.15) is 6.04 Å². The monoisotopic (exact) mass is 444 g/mol. The molecule has 2 fully saturated rings. The first kappa shape index (κ1) is 20.9. The van der Waals surface area contributed by atoms with Crippen LogP contribution in [0.5, 0.6) is 0 Å². The van der Waals surface area contributed by atoms with E-state index in [0.29, 0.717) is 35.7 Å². The molecule has 0 spiro atoms. The van der Waals surface area contributed by atoms with Gasteiger partial charge >= 0.3 is 0 Å². The van der Waals surface area contributed by atoms with E-state index in [1.165, 1.54) is 17.8 Å². The Kier molecular flexibility index (Phi) is 6.15. The molecule has 0 unspecified atom stereocenters. The highest BCUT2D eigenvalue weighted by Gasteiger charge is 2.35. The average Bonchev–Trinajstić information content (AvgIpc) is 3.46. The summed E-state index contributed by atoms with van der Waals surface area (Å²) < 4.78 is 25.7. The fourth-order valence-electron chi connectivity index (χ4n) is 3.97. The second-order valence-electron chi connectivity index (χ2n) is 7.63. The standard InChI is InChI=1S/C22H24N2O4S2/c25-21(20-14-29-15-24(20)22(26)16-7-2-1-3-8-16)23-17-9-6-12-19(13-17)30(27,28)18-10-4-5-11-18/h1-3,6-9,12-13,18,20H,4-5,10-11,14-15H2,(H,23,25)/t20-/m0/s1. The summed E-state index contributed by atoms with van der Waals surface area (Å²) in [7, 11) is -3.40. The summed E-state index contributed by atoms with van der Waals surface area (Å²) in [4.78, 5) is 27.5. The lowest BCUT2D eigenvalue weighted by Gasteiger charge is -2.23. The molecule has 1 atom stereocenters. The second-order valence-corrected chi connectivity index (χ2v) is 10.9. The number of amides is 2. The van der Waals surface area contributed by atoms with Crippen molar-refractivity contribution in [3.8, 4) is 0 Å². The van der Waals surface area contributed by atoms with Crippen LogP contribution in [-0.2, 0) is 14.6 Å². The fraction of sp³-hybridized carbons (Fsp3) is 0.364. The lowest BCUT2D eigenvalue weighted by Crippen LogP contribution is -2.44. The zero-order valence-corrected chi connectivity index (χ0v) is 18.1. The summed E-state index contributed by atoms with van der Waals surface area (Å²) in [6.45, 7) is 0. The Labute approximate surface area is 181 Å². The number of hydrogen-bond donors (Lipinski definition) is 1. The van der Waals surface area contributed by atoms with Crippen molar-refractivity contribution in [1.82, 2.24) is 4.90 Å². The van der Waals surface area contributed by atoms with Gasteiger partial charge < -0.3 is 10.2 Å². The van der Waals surface area contributed by atoms with Gasteiger partial charge in [-0.1, -0.05) is 37.1 Å². The van der Waals surface area contributed by atoms with Crippen LogP contribution in [0.2, 0.25) is 0 Å². The third-order valence-electron chi connectivity index (χ3n) is 5.64. The van der Waals surface area contributed by atoms with E-state index in [9.17, 15) is 18.0 Å². The van der Waals surface area contributed by atoms with Crippen LogP contribution in [0.1, 0.15) is 36.0 Å². The zero-order valence-electron chi connectivity index (χ0n) is 16.5. The molecule has 30 heavy (non-hydrogen) atoms. The van der Waals surface area contributed by atoms with E-state index in [-0.39, 0.29) is 22.0 Å². The maximum absolute atomic E-state index is 12.9. The number of nitrogens with zero attached hydrogens (tertiary/aromatic N) is 1. The van der Waals surface area contributed by atoms with Crippen LogP contribution in [0, 0.1) is 0 Å². The summed E-state index contributed by atoms with van der Waals surface area (Å²) >= 11 is 1.52. The second kappa shape index (κ2) is 8.81. The number of thioether (sulfide) groups is 1. The van der Waals surface area contributed by atoms with E-state index in [1.807, 2.05) is 6.07 Å². The number of nitrogens with one attached hydrogen (secondary N) is 1. The van der Waals surface area contributed by atoms with Crippen molar-refractivity contribution in [1.29, 1.82) is 0 Å². The predicted molar refractivity (Wildman–Crippen MR) is 118 cm³/mol. The number of carbonyl (C=O) groups excluding carboxylic acids is 2. The van der Waals surface area contributed by atoms with Crippen molar-refractivity contribution >= 4 is 39.1 Å². The molecule has 1 aliphatic heterocycles. The van der Waals surface area contributed by atoms with Gasteiger partial charge in [0.25, 0.3) is 5.91 Å². The van der Waals surface area contributed by atoms with Gasteiger partial charge in [-0.2, -0.15) is 0 Å². The molecule has 1 aliphatic carbocycles. The molecule has 0 aromatic heterocycles. The average molecular weight is 445 g/mol. The van der Waals surface area contributed by atoms with E-state index >= 15 is 0 Å². The third kappa shape index (κ3) is 4.25. The SMILES string of the molecule is O=C(Nc1cccc(S(=O)(=O)C2CCCC2)c1)[C@@H]1CSCN1C(=O)c1ccccc1. The molecule has 1 saturated heterocycles. The summed E-state index contributed by atoms with van der Waals surface area (Å²) in [5.41, 5.74) is 0.977. The van der Waals surface area contributed by atoms with E-state index < -0.39 is 15.9 Å². The highest BCUT2D eigenvalue weighted by molar-refractivity contribution is 7.99. The fourth-order valence-corrected chi connectivity index (χ4v) is 7.03. The smallest absolute Gasteiger partial charge is 0.255 e. The number of hydrogen-bond acceptors (Lipinski definition) is 5. The van der Waals surface area contributed by atoms with Gasteiger partial charge in [-0.3, -0.25) is 9.59 Å². The number of rotatable bonds is 5. The molecule has 0 radical (unpaired) electrons. The van der Waals surface area contributed by atoms with Crippen molar-refractivity contribution in [3.05, 3.63) is 60.2 Å². The summed E-state index contributed by atoms with van der Waals surface area (Å²) in [6, 6.07) is 14.7. The minimum Gasteiger partial charge on any atom is -0.324 e. The largest absolute Gasteiger partial charge is 0.324 e. The molecule has 2 aliphatic rings. The van der Waals surface area contributed by atoms with Crippen LogP contribution in [0.25, 0.3) is 0 Å². The van der Waals surface area contributed by atoms with E-state index in [4.69, 9.17) is 0 Å². The van der Waals surface area contributed by atoms with Crippen LogP contribution in [0.4, 0.5) is 5.69 Å². The number of benzene rings is 2. The molecule has 4 rings (SSSR count). The number of anilines is 1. The highest BCUT2D eigenvalue weighted by Crippen LogP contribution is 2.31. The zero-order chi connectivity index (χ0) is 21.1. The van der Waals surface area contributed by atoms with Crippen molar-refractivity contribution in [3.63, 3.8) is 0 Å². The minimum absolute atomic E-state index is 0.182. The van der Waals surface area contributed by atoms with E-state index in [0.717, 1.165) is 12.8 Å². The Hall–Kier alpha value is -2.32. The Balaban J connectivity index is 1.49. The van der Waals surface area contributed by atoms with E-state index in [2.05, 4.69) is 5.32 Å². The van der Waals surface area contributed by atoms with Gasteiger partial charge in [0.15, 0.2) is 9.84 Å². The van der Waals surface area contributed by atoms with Crippen LogP contribution in [0.3, 0.4) is 0 Å². The van der Waals surface area contributed by atoms with Crippen LogP contribution < -0.4 is 5.32 Å². The van der Waals surface area contributed by atoms with Crippen molar-refractivity contribution in [2.45, 2.75) is 41.9 Å². The molecule has 6 nitrogen and oxygen atoms in total. The van der Waals surface area contributed by atoms with Crippen LogP contribution in [-0.4, -0.2) is 48.1 Å². The first-order valence-electron chi connectivity index (χ1n) is 10.1. The molecular weight excluding hydrogens is 420 g/mol. The predicted octanol–water partition coefficient (Wildman–Crippen LogP) is 3.56. The molecular formula is C22H24N2O4S2. The molecule has 8 heteroatoms. The van der Waals surface area contributed by atoms with Gasteiger partial charge in [-0.15, -0.1) is 11.8 Å². The van der Waals surface area contributed by atoms with Crippen molar-refractivity contribution < 1.29 is 18.0 Å². The Morgan fingerprint density at radius 1 is 1.00 bits per heavy atom. The quantitative estimate of drug-likeness (QED) is 0.762. The molecule has 0 bridgehead atoms. The first-order valence-corrected chi connectivity index (χ1v) is 12.8. The Bertz CT molecular complexity index is 1030. The minimum atomic E-state index is -3.40. The lowest BCUT2D eigenvalue weighted by molar-refractivity contribution is -0.119. The summed E-state index contributed by atoms with van der Waals surface area (Å²) in [5.74, 6) is 0.463. The Morgan fingerprint density at radius 3 is 2.47 bits per heavy atom. The maximum atomic E-state index is 12.9. The molecule has 2 aromatic carbocycles. The molecule has 2 amide bonds. The van der Waals surface area contributed by atoms with Crippen LogP contribution >= 0.6 is 11.8 Å². The van der Waals surface area contributed by atoms with E-state index in [1.54, 1.807) is 47.4 Å². The van der Waals surface area contributed by atoms with Crippen LogP contribution in [0.15, 0.2) is 59.5 Å². The third-order valence-corrected chi connectivity index (χ3v) is 8.91. The lowest BCUT2D eigenvalue weighted by atomic mass is 10.1.